The summed E-state index contributed by atoms with van der Waals surface area (Å²) in [6.07, 6.45) is 4.98. The molecule has 0 fully saturated rings. The van der Waals surface area contributed by atoms with E-state index in [1.807, 2.05) is 0 Å². The summed E-state index contributed by atoms with van der Waals surface area (Å²) in [5.41, 5.74) is 1.31. The van der Waals surface area contributed by atoms with Crippen LogP contribution in [0.15, 0.2) is 24.3 Å². The van der Waals surface area contributed by atoms with Crippen molar-refractivity contribution in [2.24, 2.45) is 0 Å². The Kier molecular flexibility index (Phi) is 8.31. The summed E-state index contributed by atoms with van der Waals surface area (Å²) >= 11 is 0. The number of rotatable bonds is 10. The molecule has 0 spiro atoms. The van der Waals surface area contributed by atoms with Crippen molar-refractivity contribution in [2.75, 3.05) is 19.7 Å². The molecular formula is C17H29NO. The van der Waals surface area contributed by atoms with Gasteiger partial charge in [0.2, 0.25) is 0 Å². The van der Waals surface area contributed by atoms with Crippen LogP contribution in [-0.2, 0) is 0 Å². The maximum atomic E-state index is 5.91. The summed E-state index contributed by atoms with van der Waals surface area (Å²) in [6.45, 7) is 9.64. The minimum atomic E-state index is 0.524. The topological polar surface area (TPSA) is 21.3 Å². The van der Waals surface area contributed by atoms with Crippen molar-refractivity contribution in [3.05, 3.63) is 29.8 Å². The second-order valence-corrected chi connectivity index (χ2v) is 5.31. The molecule has 0 amide bonds. The van der Waals surface area contributed by atoms with Crippen molar-refractivity contribution in [3.63, 3.8) is 0 Å². The van der Waals surface area contributed by atoms with E-state index >= 15 is 0 Å². The second kappa shape index (κ2) is 9.85. The van der Waals surface area contributed by atoms with E-state index < -0.39 is 0 Å². The maximum absolute atomic E-state index is 5.91. The zero-order valence-electron chi connectivity index (χ0n) is 12.7. The SMILES string of the molecule is CCNCCCCCCOc1ccccc1C(C)C. The standard InChI is InChI=1S/C17H29NO/c1-4-18-13-9-5-6-10-14-19-17-12-8-7-11-16(17)15(2)3/h7-8,11-12,15,18H,4-6,9-10,13-14H2,1-3H3. The first-order valence-corrected chi connectivity index (χ1v) is 7.68. The highest BCUT2D eigenvalue weighted by Gasteiger charge is 2.06. The van der Waals surface area contributed by atoms with Crippen LogP contribution in [0.4, 0.5) is 0 Å². The van der Waals surface area contributed by atoms with Crippen LogP contribution in [0.1, 0.15) is 57.9 Å². The van der Waals surface area contributed by atoms with Gasteiger partial charge in [-0.3, -0.25) is 0 Å². The van der Waals surface area contributed by atoms with E-state index in [1.54, 1.807) is 0 Å². The zero-order valence-corrected chi connectivity index (χ0v) is 12.7. The fraction of sp³-hybridized carbons (Fsp3) is 0.647. The van der Waals surface area contributed by atoms with Gasteiger partial charge in [-0.2, -0.15) is 0 Å². The lowest BCUT2D eigenvalue weighted by molar-refractivity contribution is 0.300. The largest absolute Gasteiger partial charge is 0.493 e. The molecule has 2 heteroatoms. The molecule has 0 atom stereocenters. The quantitative estimate of drug-likeness (QED) is 0.633. The fourth-order valence-corrected chi connectivity index (χ4v) is 2.15. The minimum Gasteiger partial charge on any atom is -0.493 e. The third-order valence-corrected chi connectivity index (χ3v) is 3.30. The van der Waals surface area contributed by atoms with Crippen LogP contribution in [0.25, 0.3) is 0 Å². The molecule has 0 aliphatic carbocycles. The van der Waals surface area contributed by atoms with Crippen LogP contribution in [0.5, 0.6) is 5.75 Å². The van der Waals surface area contributed by atoms with Gasteiger partial charge in [0.1, 0.15) is 5.75 Å². The average molecular weight is 263 g/mol. The summed E-state index contributed by atoms with van der Waals surface area (Å²) in [5.74, 6) is 1.58. The molecule has 0 aromatic heterocycles. The molecule has 0 bridgehead atoms. The Hall–Kier alpha value is -1.02. The van der Waals surface area contributed by atoms with Crippen molar-refractivity contribution in [1.82, 2.24) is 5.32 Å². The van der Waals surface area contributed by atoms with E-state index in [0.29, 0.717) is 5.92 Å². The number of para-hydroxylation sites is 1. The van der Waals surface area contributed by atoms with Crippen LogP contribution >= 0.6 is 0 Å². The van der Waals surface area contributed by atoms with Crippen LogP contribution in [-0.4, -0.2) is 19.7 Å². The first-order chi connectivity index (χ1) is 9.25. The van der Waals surface area contributed by atoms with Crippen molar-refractivity contribution in [3.8, 4) is 5.75 Å². The van der Waals surface area contributed by atoms with Gasteiger partial charge < -0.3 is 10.1 Å². The van der Waals surface area contributed by atoms with Crippen LogP contribution in [0.3, 0.4) is 0 Å². The normalized spacial score (nSPS) is 10.9. The molecule has 0 saturated carbocycles. The van der Waals surface area contributed by atoms with E-state index in [2.05, 4.69) is 50.4 Å². The first-order valence-electron chi connectivity index (χ1n) is 7.68. The van der Waals surface area contributed by atoms with Crippen LogP contribution in [0, 0.1) is 0 Å². The third kappa shape index (κ3) is 6.63. The lowest BCUT2D eigenvalue weighted by Crippen LogP contribution is -2.13. The molecule has 19 heavy (non-hydrogen) atoms. The smallest absolute Gasteiger partial charge is 0.122 e. The zero-order chi connectivity index (χ0) is 13.9. The summed E-state index contributed by atoms with van der Waals surface area (Å²) < 4.78 is 5.91. The molecule has 2 nitrogen and oxygen atoms in total. The van der Waals surface area contributed by atoms with E-state index in [-0.39, 0.29) is 0 Å². The van der Waals surface area contributed by atoms with Gasteiger partial charge >= 0.3 is 0 Å². The van der Waals surface area contributed by atoms with Gasteiger partial charge in [-0.1, -0.05) is 51.8 Å². The number of nitrogens with one attached hydrogen (secondary N) is 1. The predicted molar refractivity (Wildman–Crippen MR) is 83.0 cm³/mol. The minimum absolute atomic E-state index is 0.524. The molecule has 1 aromatic rings. The van der Waals surface area contributed by atoms with Crippen LogP contribution < -0.4 is 10.1 Å². The monoisotopic (exact) mass is 263 g/mol. The Morgan fingerprint density at radius 2 is 1.79 bits per heavy atom. The van der Waals surface area contributed by atoms with E-state index in [1.165, 1.54) is 24.8 Å². The highest BCUT2D eigenvalue weighted by Crippen LogP contribution is 2.25. The van der Waals surface area contributed by atoms with Gasteiger partial charge in [0.05, 0.1) is 6.61 Å². The van der Waals surface area contributed by atoms with Gasteiger partial charge in [0, 0.05) is 0 Å². The van der Waals surface area contributed by atoms with Crippen molar-refractivity contribution in [2.45, 2.75) is 52.4 Å². The molecule has 0 saturated heterocycles. The van der Waals surface area contributed by atoms with Crippen LogP contribution in [0.2, 0.25) is 0 Å². The Bertz CT molecular complexity index is 336. The van der Waals surface area contributed by atoms with Gasteiger partial charge in [0.25, 0.3) is 0 Å². The Balaban J connectivity index is 2.16. The van der Waals surface area contributed by atoms with Crippen molar-refractivity contribution in [1.29, 1.82) is 0 Å². The molecule has 0 radical (unpaired) electrons. The number of hydrogen-bond donors (Lipinski definition) is 1. The molecule has 1 aromatic carbocycles. The molecular weight excluding hydrogens is 234 g/mol. The fourth-order valence-electron chi connectivity index (χ4n) is 2.15. The lowest BCUT2D eigenvalue weighted by atomic mass is 10.0. The van der Waals surface area contributed by atoms with Gasteiger partial charge in [-0.15, -0.1) is 0 Å². The molecule has 0 aliphatic rings. The lowest BCUT2D eigenvalue weighted by Gasteiger charge is -2.13. The average Bonchev–Trinajstić information content (AvgIpc) is 2.42. The first kappa shape index (κ1) is 16.0. The molecule has 108 valence electrons. The Labute approximate surface area is 118 Å². The van der Waals surface area contributed by atoms with Gasteiger partial charge in [-0.25, -0.2) is 0 Å². The number of hydrogen-bond acceptors (Lipinski definition) is 2. The predicted octanol–water partition coefficient (Wildman–Crippen LogP) is 4.36. The second-order valence-electron chi connectivity index (χ2n) is 5.31. The number of ether oxygens (including phenoxy) is 1. The van der Waals surface area contributed by atoms with Gasteiger partial charge in [0.15, 0.2) is 0 Å². The molecule has 1 rings (SSSR count). The maximum Gasteiger partial charge on any atom is 0.122 e. The van der Waals surface area contributed by atoms with Crippen molar-refractivity contribution < 1.29 is 4.74 Å². The molecule has 0 unspecified atom stereocenters. The van der Waals surface area contributed by atoms with E-state index in [9.17, 15) is 0 Å². The summed E-state index contributed by atoms with van der Waals surface area (Å²) in [4.78, 5) is 0. The van der Waals surface area contributed by atoms with E-state index in [4.69, 9.17) is 4.74 Å². The van der Waals surface area contributed by atoms with Crippen molar-refractivity contribution >= 4 is 0 Å². The summed E-state index contributed by atoms with van der Waals surface area (Å²) in [6, 6.07) is 8.39. The summed E-state index contributed by atoms with van der Waals surface area (Å²) in [5, 5.41) is 3.35. The molecule has 0 heterocycles. The highest BCUT2D eigenvalue weighted by molar-refractivity contribution is 5.35. The Morgan fingerprint density at radius 3 is 2.53 bits per heavy atom. The number of benzene rings is 1. The Morgan fingerprint density at radius 1 is 1.05 bits per heavy atom. The summed E-state index contributed by atoms with van der Waals surface area (Å²) in [7, 11) is 0. The van der Waals surface area contributed by atoms with Gasteiger partial charge in [-0.05, 0) is 43.5 Å². The molecule has 0 aliphatic heterocycles. The molecule has 1 N–H and O–H groups in total. The number of unbranched alkanes of at least 4 members (excludes halogenated alkanes) is 3. The highest BCUT2D eigenvalue weighted by atomic mass is 16.5. The third-order valence-electron chi connectivity index (χ3n) is 3.30. The van der Waals surface area contributed by atoms with E-state index in [0.717, 1.165) is 31.9 Å².